The first-order chi connectivity index (χ1) is 8.15. The van der Waals surface area contributed by atoms with Gasteiger partial charge in [-0.05, 0) is 0 Å². The quantitative estimate of drug-likeness (QED) is 0.745. The van der Waals surface area contributed by atoms with Crippen molar-refractivity contribution in [2.24, 2.45) is 0 Å². The predicted octanol–water partition coefficient (Wildman–Crippen LogP) is 0.680. The van der Waals surface area contributed by atoms with Gasteiger partial charge in [0.1, 0.15) is 6.54 Å². The second kappa shape index (κ2) is 7.04. The Labute approximate surface area is 102 Å². The maximum Gasteiger partial charge on any atom is 0.406 e. The molecular weight excluding hydrogens is 257 g/mol. The third-order valence-electron chi connectivity index (χ3n) is 1.98. The van der Waals surface area contributed by atoms with Crippen LogP contribution in [-0.2, 0) is 9.53 Å². The van der Waals surface area contributed by atoms with Crippen LogP contribution >= 0.6 is 0 Å². The molecular formula is C9H15F3N2O4. The molecule has 6 nitrogen and oxygen atoms in total. The Morgan fingerprint density at radius 3 is 2.39 bits per heavy atom. The number of carboxylic acids is 1. The van der Waals surface area contributed by atoms with Crippen LogP contribution in [0.25, 0.3) is 0 Å². The van der Waals surface area contributed by atoms with Crippen LogP contribution in [-0.4, -0.2) is 61.5 Å². The van der Waals surface area contributed by atoms with Gasteiger partial charge in [-0.1, -0.05) is 0 Å². The summed E-state index contributed by atoms with van der Waals surface area (Å²) < 4.78 is 40.7. The van der Waals surface area contributed by atoms with Crippen LogP contribution in [0, 0.1) is 0 Å². The minimum absolute atomic E-state index is 0.177. The lowest BCUT2D eigenvalue weighted by molar-refractivity contribution is -0.139. The van der Waals surface area contributed by atoms with Gasteiger partial charge in [-0.2, -0.15) is 13.2 Å². The fourth-order valence-electron chi connectivity index (χ4n) is 1.11. The number of rotatable bonds is 6. The summed E-state index contributed by atoms with van der Waals surface area (Å²) in [5.41, 5.74) is 0. The van der Waals surface area contributed by atoms with Crippen molar-refractivity contribution in [2.45, 2.75) is 18.7 Å². The number of hydrogen-bond donors (Lipinski definition) is 2. The topological polar surface area (TPSA) is 78.9 Å². The number of urea groups is 1. The van der Waals surface area contributed by atoms with Crippen LogP contribution < -0.4 is 5.32 Å². The van der Waals surface area contributed by atoms with E-state index < -0.39 is 30.8 Å². The fourth-order valence-corrected chi connectivity index (χ4v) is 1.11. The Morgan fingerprint density at radius 2 is 2.00 bits per heavy atom. The zero-order valence-electron chi connectivity index (χ0n) is 9.95. The maximum absolute atomic E-state index is 12.0. The summed E-state index contributed by atoms with van der Waals surface area (Å²) in [6.07, 6.45) is -5.61. The second-order valence-corrected chi connectivity index (χ2v) is 3.61. The van der Waals surface area contributed by atoms with E-state index in [1.165, 1.54) is 7.11 Å². The van der Waals surface area contributed by atoms with Gasteiger partial charge in [0.25, 0.3) is 0 Å². The van der Waals surface area contributed by atoms with Gasteiger partial charge >= 0.3 is 18.2 Å². The molecule has 0 aromatic heterocycles. The van der Waals surface area contributed by atoms with Crippen LogP contribution in [0.4, 0.5) is 18.0 Å². The van der Waals surface area contributed by atoms with E-state index in [0.29, 0.717) is 4.90 Å². The zero-order chi connectivity index (χ0) is 14.3. The smallest absolute Gasteiger partial charge is 0.406 e. The second-order valence-electron chi connectivity index (χ2n) is 3.61. The largest absolute Gasteiger partial charge is 0.481 e. The molecule has 0 spiro atoms. The molecule has 0 rings (SSSR count). The summed E-state index contributed by atoms with van der Waals surface area (Å²) >= 11 is 0. The fraction of sp³-hybridized carbons (Fsp3) is 0.778. The number of ether oxygens (including phenoxy) is 1. The Kier molecular flexibility index (Phi) is 6.45. The number of nitrogens with zero attached hydrogens (tertiary/aromatic N) is 1. The first kappa shape index (κ1) is 16.5. The predicted molar refractivity (Wildman–Crippen MR) is 55.1 cm³/mol. The summed E-state index contributed by atoms with van der Waals surface area (Å²) in [5.74, 6) is -1.13. The minimum Gasteiger partial charge on any atom is -0.481 e. The van der Waals surface area contributed by atoms with E-state index in [2.05, 4.69) is 5.32 Å². The molecule has 2 amide bonds. The molecule has 1 atom stereocenters. The van der Waals surface area contributed by atoms with E-state index in [1.807, 2.05) is 0 Å². The van der Waals surface area contributed by atoms with Crippen LogP contribution in [0.2, 0.25) is 0 Å². The molecule has 1 unspecified atom stereocenters. The summed E-state index contributed by atoms with van der Waals surface area (Å²) in [6, 6.07) is -0.945. The molecule has 0 aliphatic heterocycles. The number of aliphatic carboxylic acids is 1. The van der Waals surface area contributed by atoms with E-state index in [1.54, 1.807) is 0 Å². The third-order valence-corrected chi connectivity index (χ3v) is 1.98. The van der Waals surface area contributed by atoms with Crippen LogP contribution in [0.5, 0.6) is 0 Å². The van der Waals surface area contributed by atoms with Crippen molar-refractivity contribution in [3.8, 4) is 0 Å². The molecule has 0 saturated carbocycles. The van der Waals surface area contributed by atoms with Gasteiger partial charge in [0.2, 0.25) is 0 Å². The van der Waals surface area contributed by atoms with Gasteiger partial charge in [0.05, 0.1) is 12.5 Å². The Bertz CT molecular complexity index is 296. The monoisotopic (exact) mass is 272 g/mol. The molecule has 106 valence electrons. The molecule has 0 bridgehead atoms. The number of methoxy groups -OCH3 is 1. The SMILES string of the molecule is COC(CNC(=O)N(C)CC(F)(F)F)CC(=O)O. The van der Waals surface area contributed by atoms with Gasteiger partial charge in [0.15, 0.2) is 0 Å². The molecule has 0 heterocycles. The van der Waals surface area contributed by atoms with Crippen molar-refractivity contribution in [1.29, 1.82) is 0 Å². The van der Waals surface area contributed by atoms with E-state index in [4.69, 9.17) is 9.84 Å². The number of amides is 2. The molecule has 0 fully saturated rings. The maximum atomic E-state index is 12.0. The molecule has 0 saturated heterocycles. The van der Waals surface area contributed by atoms with Crippen LogP contribution in [0.3, 0.4) is 0 Å². The summed E-state index contributed by atoms with van der Waals surface area (Å²) in [6.45, 7) is -1.56. The lowest BCUT2D eigenvalue weighted by Crippen LogP contribution is -2.45. The van der Waals surface area contributed by atoms with Crippen LogP contribution in [0.15, 0.2) is 0 Å². The number of carbonyl (C=O) groups is 2. The molecule has 2 N–H and O–H groups in total. The van der Waals surface area contributed by atoms with E-state index in [-0.39, 0.29) is 13.0 Å². The number of alkyl halides is 3. The standard InChI is InChI=1S/C9H15F3N2O4/c1-14(5-9(10,11)12)8(17)13-4-6(18-2)3-7(15)16/h6H,3-5H2,1-2H3,(H,13,17)(H,15,16). The number of nitrogens with one attached hydrogen (secondary N) is 1. The lowest BCUT2D eigenvalue weighted by atomic mass is 10.2. The molecule has 18 heavy (non-hydrogen) atoms. The lowest BCUT2D eigenvalue weighted by Gasteiger charge is -2.21. The average Bonchev–Trinajstić information content (AvgIpc) is 2.20. The highest BCUT2D eigenvalue weighted by molar-refractivity contribution is 5.74. The van der Waals surface area contributed by atoms with Crippen molar-refractivity contribution >= 4 is 12.0 Å². The zero-order valence-corrected chi connectivity index (χ0v) is 9.95. The van der Waals surface area contributed by atoms with Crippen molar-refractivity contribution in [3.05, 3.63) is 0 Å². The van der Waals surface area contributed by atoms with E-state index >= 15 is 0 Å². The molecule has 9 heteroatoms. The molecule has 0 aromatic rings. The average molecular weight is 272 g/mol. The first-order valence-corrected chi connectivity index (χ1v) is 4.96. The first-order valence-electron chi connectivity index (χ1n) is 4.96. The van der Waals surface area contributed by atoms with Gasteiger partial charge in [-0.3, -0.25) is 4.79 Å². The van der Waals surface area contributed by atoms with Crippen molar-refractivity contribution in [3.63, 3.8) is 0 Å². The Morgan fingerprint density at radius 1 is 1.44 bits per heavy atom. The number of halogens is 3. The van der Waals surface area contributed by atoms with Crippen LogP contribution in [0.1, 0.15) is 6.42 Å². The Balaban J connectivity index is 4.11. The highest BCUT2D eigenvalue weighted by Gasteiger charge is 2.31. The van der Waals surface area contributed by atoms with E-state index in [9.17, 15) is 22.8 Å². The molecule has 0 aliphatic rings. The summed E-state index contributed by atoms with van der Waals surface area (Å²) in [5, 5.41) is 10.7. The molecule has 0 aliphatic carbocycles. The van der Waals surface area contributed by atoms with Gasteiger partial charge in [-0.25, -0.2) is 4.79 Å². The van der Waals surface area contributed by atoms with Crippen molar-refractivity contribution < 1.29 is 32.6 Å². The summed E-state index contributed by atoms with van der Waals surface area (Å²) in [7, 11) is 2.24. The summed E-state index contributed by atoms with van der Waals surface area (Å²) in [4.78, 5) is 22.1. The number of carboxylic acid groups (broad SMARTS) is 1. The minimum atomic E-state index is -4.48. The van der Waals surface area contributed by atoms with Crippen molar-refractivity contribution in [2.75, 3.05) is 27.2 Å². The highest BCUT2D eigenvalue weighted by Crippen LogP contribution is 2.15. The molecule has 0 aromatic carbocycles. The van der Waals surface area contributed by atoms with E-state index in [0.717, 1.165) is 7.05 Å². The van der Waals surface area contributed by atoms with Gasteiger partial charge < -0.3 is 20.1 Å². The number of carbonyl (C=O) groups excluding carboxylic acids is 1. The Hall–Kier alpha value is -1.51. The normalized spacial score (nSPS) is 12.9. The van der Waals surface area contributed by atoms with Gasteiger partial charge in [0, 0.05) is 20.7 Å². The molecule has 0 radical (unpaired) electrons. The van der Waals surface area contributed by atoms with Gasteiger partial charge in [-0.15, -0.1) is 0 Å². The number of hydrogen-bond acceptors (Lipinski definition) is 3. The third kappa shape index (κ3) is 7.71. The highest BCUT2D eigenvalue weighted by atomic mass is 19.4. The van der Waals surface area contributed by atoms with Crippen molar-refractivity contribution in [1.82, 2.24) is 10.2 Å².